The highest BCUT2D eigenvalue weighted by atomic mass is 16.6. The lowest BCUT2D eigenvalue weighted by molar-refractivity contribution is -0.145. The van der Waals surface area contributed by atoms with Gasteiger partial charge in [-0.3, -0.25) is 0 Å². The molecule has 1 atom stereocenters. The first kappa shape index (κ1) is 14.3. The molecule has 0 aromatic heterocycles. The summed E-state index contributed by atoms with van der Waals surface area (Å²) in [6.45, 7) is 1.53. The molecule has 1 fully saturated rings. The van der Waals surface area contributed by atoms with Crippen LogP contribution in [0.2, 0.25) is 0 Å². The van der Waals surface area contributed by atoms with Gasteiger partial charge in [-0.15, -0.1) is 0 Å². The van der Waals surface area contributed by atoms with Gasteiger partial charge in [-0.1, -0.05) is 30.3 Å². The molecule has 1 saturated heterocycles. The van der Waals surface area contributed by atoms with E-state index in [0.29, 0.717) is 13.1 Å². The SMILES string of the molecule is COC(=O)[C@@H](NC(=O)OCc1ccccc1)C1CNC1. The first-order valence-electron chi connectivity index (χ1n) is 6.46. The predicted molar refractivity (Wildman–Crippen MR) is 71.9 cm³/mol. The molecule has 6 nitrogen and oxygen atoms in total. The lowest BCUT2D eigenvalue weighted by Crippen LogP contribution is -2.58. The van der Waals surface area contributed by atoms with E-state index >= 15 is 0 Å². The van der Waals surface area contributed by atoms with E-state index in [1.807, 2.05) is 30.3 Å². The molecule has 0 bridgehead atoms. The van der Waals surface area contributed by atoms with Gasteiger partial charge in [0.2, 0.25) is 0 Å². The van der Waals surface area contributed by atoms with Crippen LogP contribution < -0.4 is 10.6 Å². The quantitative estimate of drug-likeness (QED) is 0.774. The van der Waals surface area contributed by atoms with Gasteiger partial charge in [-0.05, 0) is 5.56 Å². The number of nitrogens with one attached hydrogen (secondary N) is 2. The van der Waals surface area contributed by atoms with Gasteiger partial charge in [0.05, 0.1) is 7.11 Å². The molecule has 2 rings (SSSR count). The third-order valence-corrected chi connectivity index (χ3v) is 3.23. The summed E-state index contributed by atoms with van der Waals surface area (Å²) < 4.78 is 9.79. The lowest BCUT2D eigenvalue weighted by atomic mass is 9.94. The topological polar surface area (TPSA) is 76.7 Å². The Hall–Kier alpha value is -2.08. The molecule has 108 valence electrons. The number of alkyl carbamates (subject to hydrolysis) is 1. The van der Waals surface area contributed by atoms with E-state index in [1.165, 1.54) is 7.11 Å². The van der Waals surface area contributed by atoms with Crippen LogP contribution in [0.25, 0.3) is 0 Å². The number of benzene rings is 1. The fourth-order valence-corrected chi connectivity index (χ4v) is 1.93. The van der Waals surface area contributed by atoms with E-state index < -0.39 is 18.1 Å². The van der Waals surface area contributed by atoms with Crippen LogP contribution in [0, 0.1) is 5.92 Å². The molecule has 0 spiro atoms. The smallest absolute Gasteiger partial charge is 0.408 e. The van der Waals surface area contributed by atoms with Crippen LogP contribution in [0.4, 0.5) is 4.79 Å². The van der Waals surface area contributed by atoms with Gasteiger partial charge in [0, 0.05) is 19.0 Å². The standard InChI is InChI=1S/C14H18N2O4/c1-19-13(17)12(11-7-15-8-11)16-14(18)20-9-10-5-3-2-4-6-10/h2-6,11-12,15H,7-9H2,1H3,(H,16,18)/t12-/m0/s1. The Balaban J connectivity index is 1.83. The highest BCUT2D eigenvalue weighted by molar-refractivity contribution is 5.81. The fraction of sp³-hybridized carbons (Fsp3) is 0.429. The second-order valence-corrected chi connectivity index (χ2v) is 4.63. The Morgan fingerprint density at radius 2 is 2.05 bits per heavy atom. The van der Waals surface area contributed by atoms with Crippen molar-refractivity contribution in [3.8, 4) is 0 Å². The maximum atomic E-state index is 11.7. The highest BCUT2D eigenvalue weighted by Crippen LogP contribution is 2.11. The van der Waals surface area contributed by atoms with Crippen molar-refractivity contribution < 1.29 is 19.1 Å². The van der Waals surface area contributed by atoms with Gasteiger partial charge in [-0.2, -0.15) is 0 Å². The molecule has 20 heavy (non-hydrogen) atoms. The number of carbonyl (C=O) groups is 2. The molecule has 0 radical (unpaired) electrons. The van der Waals surface area contributed by atoms with Crippen LogP contribution in [-0.2, 0) is 20.9 Å². The number of esters is 1. The Bertz CT molecular complexity index is 460. The molecule has 2 N–H and O–H groups in total. The second kappa shape index (κ2) is 6.91. The Morgan fingerprint density at radius 1 is 1.35 bits per heavy atom. The van der Waals surface area contributed by atoms with Crippen molar-refractivity contribution in [3.05, 3.63) is 35.9 Å². The van der Waals surface area contributed by atoms with Crippen LogP contribution >= 0.6 is 0 Å². The van der Waals surface area contributed by atoms with Gasteiger partial charge >= 0.3 is 12.1 Å². The first-order valence-corrected chi connectivity index (χ1v) is 6.46. The number of rotatable bonds is 5. The molecule has 0 saturated carbocycles. The molecule has 6 heteroatoms. The Kier molecular flexibility index (Phi) is 4.95. The number of carbonyl (C=O) groups excluding carboxylic acids is 2. The first-order chi connectivity index (χ1) is 9.70. The average Bonchev–Trinajstić information content (AvgIpc) is 2.43. The summed E-state index contributed by atoms with van der Waals surface area (Å²) >= 11 is 0. The van der Waals surface area contributed by atoms with Gasteiger partial charge in [-0.25, -0.2) is 9.59 Å². The van der Waals surface area contributed by atoms with E-state index in [-0.39, 0.29) is 12.5 Å². The average molecular weight is 278 g/mol. The maximum Gasteiger partial charge on any atom is 0.408 e. The zero-order valence-electron chi connectivity index (χ0n) is 11.3. The van der Waals surface area contributed by atoms with E-state index in [2.05, 4.69) is 10.6 Å². The summed E-state index contributed by atoms with van der Waals surface area (Å²) in [5.74, 6) is -0.403. The summed E-state index contributed by atoms with van der Waals surface area (Å²) in [5, 5.41) is 5.62. The van der Waals surface area contributed by atoms with Crippen molar-refractivity contribution >= 4 is 12.1 Å². The molecular formula is C14H18N2O4. The highest BCUT2D eigenvalue weighted by Gasteiger charge is 2.34. The van der Waals surface area contributed by atoms with Crippen molar-refractivity contribution in [1.29, 1.82) is 0 Å². The molecule has 1 aliphatic heterocycles. The van der Waals surface area contributed by atoms with Crippen molar-refractivity contribution in [3.63, 3.8) is 0 Å². The molecule has 0 aliphatic carbocycles. The molecule has 1 aliphatic rings. The van der Waals surface area contributed by atoms with Crippen molar-refractivity contribution in [2.24, 2.45) is 5.92 Å². The number of ether oxygens (including phenoxy) is 2. The van der Waals surface area contributed by atoms with Crippen molar-refractivity contribution in [2.45, 2.75) is 12.6 Å². The number of amides is 1. The van der Waals surface area contributed by atoms with Crippen LogP contribution in [0.5, 0.6) is 0 Å². The van der Waals surface area contributed by atoms with Gasteiger partial charge in [0.25, 0.3) is 0 Å². The van der Waals surface area contributed by atoms with Gasteiger partial charge in [0.15, 0.2) is 0 Å². The summed E-state index contributed by atoms with van der Waals surface area (Å²) in [6.07, 6.45) is -0.615. The predicted octanol–water partition coefficient (Wildman–Crippen LogP) is 0.674. The second-order valence-electron chi connectivity index (χ2n) is 4.63. The van der Waals surface area contributed by atoms with Crippen LogP contribution in [-0.4, -0.2) is 38.3 Å². The molecule has 1 aromatic carbocycles. The zero-order chi connectivity index (χ0) is 14.4. The van der Waals surface area contributed by atoms with Crippen LogP contribution in [0.1, 0.15) is 5.56 Å². The normalized spacial score (nSPS) is 15.8. The molecule has 1 heterocycles. The number of hydrogen-bond donors (Lipinski definition) is 2. The van der Waals surface area contributed by atoms with Gasteiger partial charge in [0.1, 0.15) is 12.6 Å². The minimum absolute atomic E-state index is 0.0479. The minimum atomic E-state index is -0.662. The summed E-state index contributed by atoms with van der Waals surface area (Å²) in [4.78, 5) is 23.4. The summed E-state index contributed by atoms with van der Waals surface area (Å²) in [5.41, 5.74) is 0.891. The lowest BCUT2D eigenvalue weighted by Gasteiger charge is -2.33. The largest absolute Gasteiger partial charge is 0.467 e. The monoisotopic (exact) mass is 278 g/mol. The number of hydrogen-bond acceptors (Lipinski definition) is 5. The molecular weight excluding hydrogens is 260 g/mol. The van der Waals surface area contributed by atoms with E-state index in [9.17, 15) is 9.59 Å². The molecule has 0 unspecified atom stereocenters. The number of methoxy groups -OCH3 is 1. The summed E-state index contributed by atoms with van der Waals surface area (Å²) in [6, 6.07) is 8.69. The van der Waals surface area contributed by atoms with Gasteiger partial charge < -0.3 is 20.1 Å². The fourth-order valence-electron chi connectivity index (χ4n) is 1.93. The Morgan fingerprint density at radius 3 is 2.60 bits per heavy atom. The third-order valence-electron chi connectivity index (χ3n) is 3.23. The third kappa shape index (κ3) is 3.71. The van der Waals surface area contributed by atoms with E-state index in [0.717, 1.165) is 5.56 Å². The van der Waals surface area contributed by atoms with Crippen LogP contribution in [0.3, 0.4) is 0 Å². The van der Waals surface area contributed by atoms with Crippen LogP contribution in [0.15, 0.2) is 30.3 Å². The minimum Gasteiger partial charge on any atom is -0.467 e. The van der Waals surface area contributed by atoms with E-state index in [1.54, 1.807) is 0 Å². The maximum absolute atomic E-state index is 11.7. The zero-order valence-corrected chi connectivity index (χ0v) is 11.3. The molecule has 1 aromatic rings. The van der Waals surface area contributed by atoms with Crippen molar-refractivity contribution in [1.82, 2.24) is 10.6 Å². The van der Waals surface area contributed by atoms with Crippen molar-refractivity contribution in [2.75, 3.05) is 20.2 Å². The van der Waals surface area contributed by atoms with E-state index in [4.69, 9.17) is 9.47 Å². The molecule has 1 amide bonds. The summed E-state index contributed by atoms with van der Waals surface area (Å²) in [7, 11) is 1.30. The Labute approximate surface area is 117 Å².